The van der Waals surface area contributed by atoms with Crippen molar-refractivity contribution in [1.82, 2.24) is 10.3 Å². The normalized spacial score (nSPS) is 12.6. The highest BCUT2D eigenvalue weighted by molar-refractivity contribution is 5.47. The van der Waals surface area contributed by atoms with Crippen molar-refractivity contribution in [2.45, 2.75) is 59.2 Å². The first-order valence-electron chi connectivity index (χ1n) is 7.28. The summed E-state index contributed by atoms with van der Waals surface area (Å²) in [6.45, 7) is 14.4. The van der Waals surface area contributed by atoms with Crippen LogP contribution in [0.1, 0.15) is 47.1 Å². The molecule has 0 amide bonds. The zero-order valence-electron chi connectivity index (χ0n) is 13.7. The fourth-order valence-corrected chi connectivity index (χ4v) is 2.02. The van der Waals surface area contributed by atoms with Gasteiger partial charge in [-0.05, 0) is 47.6 Å². The fourth-order valence-electron chi connectivity index (χ4n) is 2.02. The molecule has 1 heterocycles. The SMILES string of the molecule is CCN(CC(C)(C)O)c1ncccc1CNC(C)(C)C. The van der Waals surface area contributed by atoms with E-state index in [4.69, 9.17) is 0 Å². The van der Waals surface area contributed by atoms with Gasteiger partial charge in [-0.2, -0.15) is 0 Å². The van der Waals surface area contributed by atoms with E-state index in [1.165, 1.54) is 0 Å². The van der Waals surface area contributed by atoms with Gasteiger partial charge >= 0.3 is 0 Å². The van der Waals surface area contributed by atoms with Crippen LogP contribution in [-0.2, 0) is 6.54 Å². The van der Waals surface area contributed by atoms with E-state index in [2.05, 4.69) is 49.0 Å². The number of nitrogens with one attached hydrogen (secondary N) is 1. The van der Waals surface area contributed by atoms with Crippen LogP contribution in [0, 0.1) is 0 Å². The third kappa shape index (κ3) is 5.88. The first-order chi connectivity index (χ1) is 9.12. The topological polar surface area (TPSA) is 48.4 Å². The van der Waals surface area contributed by atoms with Crippen molar-refractivity contribution < 1.29 is 5.11 Å². The minimum absolute atomic E-state index is 0.0698. The number of hydrogen-bond donors (Lipinski definition) is 2. The summed E-state index contributed by atoms with van der Waals surface area (Å²) < 4.78 is 0. The predicted molar refractivity (Wildman–Crippen MR) is 85.0 cm³/mol. The standard InChI is InChI=1S/C16H29N3O/c1-7-19(12-16(5,6)20)14-13(9-8-10-17-14)11-18-15(2,3)4/h8-10,18,20H,7,11-12H2,1-6H3. The van der Waals surface area contributed by atoms with Crippen molar-refractivity contribution in [3.8, 4) is 0 Å². The van der Waals surface area contributed by atoms with Crippen LogP contribution in [0.5, 0.6) is 0 Å². The van der Waals surface area contributed by atoms with Gasteiger partial charge in [0.05, 0.1) is 5.60 Å². The molecule has 0 aromatic carbocycles. The molecule has 0 atom stereocenters. The van der Waals surface area contributed by atoms with Crippen LogP contribution in [0.3, 0.4) is 0 Å². The second kappa shape index (κ2) is 6.55. The van der Waals surface area contributed by atoms with Crippen LogP contribution in [-0.4, -0.2) is 34.3 Å². The molecule has 0 fully saturated rings. The largest absolute Gasteiger partial charge is 0.389 e. The van der Waals surface area contributed by atoms with E-state index in [9.17, 15) is 5.11 Å². The number of nitrogens with zero attached hydrogens (tertiary/aromatic N) is 2. The van der Waals surface area contributed by atoms with Crippen LogP contribution in [0.4, 0.5) is 5.82 Å². The van der Waals surface area contributed by atoms with E-state index in [1.54, 1.807) is 0 Å². The molecule has 0 saturated heterocycles. The Morgan fingerprint density at radius 3 is 2.40 bits per heavy atom. The molecule has 1 rings (SSSR count). The highest BCUT2D eigenvalue weighted by Gasteiger charge is 2.20. The Morgan fingerprint density at radius 2 is 1.90 bits per heavy atom. The summed E-state index contributed by atoms with van der Waals surface area (Å²) in [5, 5.41) is 13.5. The monoisotopic (exact) mass is 279 g/mol. The average molecular weight is 279 g/mol. The molecule has 1 aromatic rings. The first kappa shape index (κ1) is 16.9. The van der Waals surface area contributed by atoms with E-state index < -0.39 is 5.60 Å². The van der Waals surface area contributed by atoms with E-state index >= 15 is 0 Å². The molecular formula is C16H29N3O. The number of likely N-dealkylation sites (N-methyl/N-ethyl adjacent to an activating group) is 1. The van der Waals surface area contributed by atoms with Crippen LogP contribution in [0.15, 0.2) is 18.3 Å². The van der Waals surface area contributed by atoms with Crippen molar-refractivity contribution in [3.05, 3.63) is 23.9 Å². The fraction of sp³-hybridized carbons (Fsp3) is 0.688. The van der Waals surface area contributed by atoms with E-state index in [0.29, 0.717) is 6.54 Å². The van der Waals surface area contributed by atoms with Gasteiger partial charge in [0.15, 0.2) is 0 Å². The number of hydrogen-bond acceptors (Lipinski definition) is 4. The summed E-state index contributed by atoms with van der Waals surface area (Å²) in [5.41, 5.74) is 0.497. The first-order valence-corrected chi connectivity index (χ1v) is 7.28. The maximum absolute atomic E-state index is 10.0. The highest BCUT2D eigenvalue weighted by Crippen LogP contribution is 2.20. The Morgan fingerprint density at radius 1 is 1.25 bits per heavy atom. The number of pyridine rings is 1. The number of aromatic nitrogens is 1. The zero-order valence-corrected chi connectivity index (χ0v) is 13.7. The Balaban J connectivity index is 2.92. The predicted octanol–water partition coefficient (Wildman–Crippen LogP) is 2.57. The van der Waals surface area contributed by atoms with Crippen molar-refractivity contribution in [2.75, 3.05) is 18.0 Å². The molecule has 0 aliphatic rings. The summed E-state index contributed by atoms with van der Waals surface area (Å²) in [5.74, 6) is 0.953. The lowest BCUT2D eigenvalue weighted by Crippen LogP contribution is -2.40. The molecule has 0 radical (unpaired) electrons. The third-order valence-corrected chi connectivity index (χ3v) is 2.94. The minimum atomic E-state index is -0.734. The molecule has 0 saturated carbocycles. The second-order valence-electron chi connectivity index (χ2n) is 6.92. The third-order valence-electron chi connectivity index (χ3n) is 2.94. The number of aliphatic hydroxyl groups is 1. The number of anilines is 1. The van der Waals surface area contributed by atoms with Gasteiger partial charge in [0.1, 0.15) is 5.82 Å². The van der Waals surface area contributed by atoms with Crippen LogP contribution < -0.4 is 10.2 Å². The Kier molecular flexibility index (Phi) is 5.54. The second-order valence-corrected chi connectivity index (χ2v) is 6.92. The van der Waals surface area contributed by atoms with Crippen molar-refractivity contribution in [1.29, 1.82) is 0 Å². The summed E-state index contributed by atoms with van der Waals surface area (Å²) in [6, 6.07) is 4.05. The van der Waals surface area contributed by atoms with Crippen LogP contribution in [0.25, 0.3) is 0 Å². The molecular weight excluding hydrogens is 250 g/mol. The molecule has 0 unspecified atom stereocenters. The van der Waals surface area contributed by atoms with Crippen LogP contribution in [0.2, 0.25) is 0 Å². The summed E-state index contributed by atoms with van der Waals surface area (Å²) in [4.78, 5) is 6.63. The molecule has 2 N–H and O–H groups in total. The summed E-state index contributed by atoms with van der Waals surface area (Å²) in [6.07, 6.45) is 1.81. The lowest BCUT2D eigenvalue weighted by Gasteiger charge is -2.31. The molecule has 1 aromatic heterocycles. The Bertz CT molecular complexity index is 418. The smallest absolute Gasteiger partial charge is 0.133 e. The molecule has 20 heavy (non-hydrogen) atoms. The number of rotatable bonds is 6. The van der Waals surface area contributed by atoms with Gasteiger partial charge in [0.25, 0.3) is 0 Å². The zero-order chi connectivity index (χ0) is 15.4. The van der Waals surface area contributed by atoms with Gasteiger partial charge in [-0.1, -0.05) is 6.07 Å². The summed E-state index contributed by atoms with van der Waals surface area (Å²) >= 11 is 0. The quantitative estimate of drug-likeness (QED) is 0.840. The van der Waals surface area contributed by atoms with Gasteiger partial charge in [-0.15, -0.1) is 0 Å². The van der Waals surface area contributed by atoms with Gasteiger partial charge in [-0.25, -0.2) is 4.98 Å². The van der Waals surface area contributed by atoms with Gasteiger partial charge in [-0.3, -0.25) is 0 Å². The van der Waals surface area contributed by atoms with E-state index in [0.717, 1.165) is 24.5 Å². The molecule has 0 bridgehead atoms. The van der Waals surface area contributed by atoms with Gasteiger partial charge < -0.3 is 15.3 Å². The maximum atomic E-state index is 10.0. The Labute approximate surface area is 123 Å². The van der Waals surface area contributed by atoms with Gasteiger partial charge in [0.2, 0.25) is 0 Å². The van der Waals surface area contributed by atoms with Crippen molar-refractivity contribution in [3.63, 3.8) is 0 Å². The maximum Gasteiger partial charge on any atom is 0.133 e. The molecule has 114 valence electrons. The Hall–Kier alpha value is -1.13. The molecule has 0 spiro atoms. The molecule has 4 heteroatoms. The highest BCUT2D eigenvalue weighted by atomic mass is 16.3. The van der Waals surface area contributed by atoms with E-state index in [1.807, 2.05) is 26.1 Å². The van der Waals surface area contributed by atoms with Gasteiger partial charge in [0, 0.05) is 36.9 Å². The average Bonchev–Trinajstić information content (AvgIpc) is 2.32. The lowest BCUT2D eigenvalue weighted by atomic mass is 10.1. The lowest BCUT2D eigenvalue weighted by molar-refractivity contribution is 0.0873. The minimum Gasteiger partial charge on any atom is -0.389 e. The molecule has 0 aliphatic carbocycles. The molecule has 0 aliphatic heterocycles. The van der Waals surface area contributed by atoms with Crippen molar-refractivity contribution in [2.24, 2.45) is 0 Å². The van der Waals surface area contributed by atoms with E-state index in [-0.39, 0.29) is 5.54 Å². The van der Waals surface area contributed by atoms with Crippen molar-refractivity contribution >= 4 is 5.82 Å². The molecule has 4 nitrogen and oxygen atoms in total. The summed E-state index contributed by atoms with van der Waals surface area (Å²) in [7, 11) is 0. The van der Waals surface area contributed by atoms with Crippen LogP contribution >= 0.6 is 0 Å².